The summed E-state index contributed by atoms with van der Waals surface area (Å²) < 4.78 is 0. The zero-order chi connectivity index (χ0) is 14.3. The van der Waals surface area contributed by atoms with Crippen molar-refractivity contribution in [2.75, 3.05) is 31.1 Å². The van der Waals surface area contributed by atoms with Gasteiger partial charge in [-0.25, -0.2) is 4.98 Å². The van der Waals surface area contributed by atoms with Crippen molar-refractivity contribution in [2.45, 2.75) is 6.92 Å². The van der Waals surface area contributed by atoms with Crippen LogP contribution in [0.25, 0.3) is 10.9 Å². The van der Waals surface area contributed by atoms with E-state index in [9.17, 15) is 0 Å². The molecule has 1 aromatic carbocycles. The summed E-state index contributed by atoms with van der Waals surface area (Å²) in [5.74, 6) is 0. The summed E-state index contributed by atoms with van der Waals surface area (Å²) in [5.41, 5.74) is 2.50. The van der Waals surface area contributed by atoms with E-state index in [0.29, 0.717) is 15.1 Å². The van der Waals surface area contributed by atoms with Crippen LogP contribution in [0.4, 0.5) is 5.69 Å². The molecule has 1 saturated heterocycles. The fourth-order valence-corrected chi connectivity index (χ4v) is 3.17. The number of hydrogen-bond acceptors (Lipinski definition) is 3. The maximum atomic E-state index is 6.50. The molecule has 0 saturated carbocycles. The van der Waals surface area contributed by atoms with Gasteiger partial charge in [-0.2, -0.15) is 0 Å². The monoisotopic (exact) mass is 329 g/mol. The maximum absolute atomic E-state index is 6.50. The lowest BCUT2D eigenvalue weighted by atomic mass is 10.1. The fourth-order valence-electron chi connectivity index (χ4n) is 2.54. The number of pyridine rings is 1. The van der Waals surface area contributed by atoms with Crippen LogP contribution in [0.1, 0.15) is 5.69 Å². The van der Waals surface area contributed by atoms with Crippen molar-refractivity contribution < 1.29 is 0 Å². The van der Waals surface area contributed by atoms with E-state index in [1.54, 1.807) is 6.07 Å². The third-order valence-electron chi connectivity index (χ3n) is 3.56. The lowest BCUT2D eigenvalue weighted by molar-refractivity contribution is 0.590. The van der Waals surface area contributed by atoms with Crippen molar-refractivity contribution in [1.29, 1.82) is 0 Å². The lowest BCUT2D eigenvalue weighted by Crippen LogP contribution is -2.43. The first-order valence-corrected chi connectivity index (χ1v) is 7.62. The standard InChI is InChI=1S/C14H14Cl3N3/c1-8-11(16)14(20-6-4-18-5-7-20)9-2-3-10(15)12(17)13(9)19-8/h2-3,18H,4-7H2,1H3. The van der Waals surface area contributed by atoms with Crippen LogP contribution in [0.5, 0.6) is 0 Å². The van der Waals surface area contributed by atoms with Crippen LogP contribution in [0, 0.1) is 6.92 Å². The second-order valence-electron chi connectivity index (χ2n) is 4.85. The zero-order valence-electron chi connectivity index (χ0n) is 11.0. The van der Waals surface area contributed by atoms with E-state index >= 15 is 0 Å². The first-order valence-electron chi connectivity index (χ1n) is 6.49. The van der Waals surface area contributed by atoms with Crippen LogP contribution < -0.4 is 10.2 Å². The van der Waals surface area contributed by atoms with Gasteiger partial charge in [0.25, 0.3) is 0 Å². The molecule has 1 N–H and O–H groups in total. The highest BCUT2D eigenvalue weighted by molar-refractivity contribution is 6.45. The number of anilines is 1. The van der Waals surface area contributed by atoms with Crippen LogP contribution in [0.15, 0.2) is 12.1 Å². The van der Waals surface area contributed by atoms with Gasteiger partial charge in [0.15, 0.2) is 0 Å². The summed E-state index contributed by atoms with van der Waals surface area (Å²) in [6.45, 7) is 5.61. The van der Waals surface area contributed by atoms with Crippen LogP contribution in [-0.4, -0.2) is 31.2 Å². The van der Waals surface area contributed by atoms with Crippen molar-refractivity contribution in [3.63, 3.8) is 0 Å². The van der Waals surface area contributed by atoms with Gasteiger partial charge < -0.3 is 10.2 Å². The molecule has 0 unspecified atom stereocenters. The van der Waals surface area contributed by atoms with E-state index in [2.05, 4.69) is 15.2 Å². The molecule has 106 valence electrons. The van der Waals surface area contributed by atoms with Crippen molar-refractivity contribution in [3.8, 4) is 0 Å². The number of rotatable bonds is 1. The Hall–Kier alpha value is -0.740. The number of halogens is 3. The molecule has 0 radical (unpaired) electrons. The predicted molar refractivity (Wildman–Crippen MR) is 86.6 cm³/mol. The molecule has 3 rings (SSSR count). The molecule has 0 bridgehead atoms. The molecule has 6 heteroatoms. The Labute approximate surface area is 132 Å². The summed E-state index contributed by atoms with van der Waals surface area (Å²) in [4.78, 5) is 6.78. The molecular weight excluding hydrogens is 317 g/mol. The molecule has 0 spiro atoms. The number of nitrogens with one attached hydrogen (secondary N) is 1. The molecule has 2 aromatic rings. The van der Waals surface area contributed by atoms with E-state index < -0.39 is 0 Å². The minimum atomic E-state index is 0.486. The molecule has 0 aliphatic carbocycles. The Balaban J connectivity index is 2.28. The largest absolute Gasteiger partial charge is 0.367 e. The predicted octanol–water partition coefficient (Wildman–Crippen LogP) is 3.91. The molecule has 0 atom stereocenters. The average molecular weight is 331 g/mol. The van der Waals surface area contributed by atoms with Gasteiger partial charge in [0, 0.05) is 31.6 Å². The van der Waals surface area contributed by atoms with Crippen LogP contribution in [0.2, 0.25) is 15.1 Å². The summed E-state index contributed by atoms with van der Waals surface area (Å²) in [6, 6.07) is 3.74. The molecule has 20 heavy (non-hydrogen) atoms. The second-order valence-corrected chi connectivity index (χ2v) is 6.02. The second kappa shape index (κ2) is 5.57. The van der Waals surface area contributed by atoms with Crippen LogP contribution in [-0.2, 0) is 0 Å². The van der Waals surface area contributed by atoms with E-state index in [0.717, 1.165) is 48.5 Å². The van der Waals surface area contributed by atoms with Gasteiger partial charge in [-0.15, -0.1) is 0 Å². The molecule has 1 aliphatic rings. The van der Waals surface area contributed by atoms with Gasteiger partial charge in [0.2, 0.25) is 0 Å². The van der Waals surface area contributed by atoms with Crippen LogP contribution in [0.3, 0.4) is 0 Å². The summed E-state index contributed by atoms with van der Waals surface area (Å²) in [6.07, 6.45) is 0. The Morgan fingerprint density at radius 2 is 1.80 bits per heavy atom. The highest BCUT2D eigenvalue weighted by Gasteiger charge is 2.20. The highest BCUT2D eigenvalue weighted by atomic mass is 35.5. The number of fused-ring (bicyclic) bond motifs is 1. The van der Waals surface area contributed by atoms with Crippen molar-refractivity contribution >= 4 is 51.4 Å². The number of aromatic nitrogens is 1. The molecule has 1 aliphatic heterocycles. The SMILES string of the molecule is Cc1nc2c(Cl)c(Cl)ccc2c(N2CCNCC2)c1Cl. The summed E-state index contributed by atoms with van der Waals surface area (Å²) in [5, 5.41) is 5.99. The molecule has 3 nitrogen and oxygen atoms in total. The lowest BCUT2D eigenvalue weighted by Gasteiger charge is -2.31. The van der Waals surface area contributed by atoms with Gasteiger partial charge >= 0.3 is 0 Å². The minimum Gasteiger partial charge on any atom is -0.367 e. The quantitative estimate of drug-likeness (QED) is 0.859. The van der Waals surface area contributed by atoms with E-state index in [-0.39, 0.29) is 0 Å². The van der Waals surface area contributed by atoms with Gasteiger partial charge in [-0.1, -0.05) is 34.8 Å². The highest BCUT2D eigenvalue weighted by Crippen LogP contribution is 2.40. The van der Waals surface area contributed by atoms with Gasteiger partial charge in [-0.05, 0) is 19.1 Å². The maximum Gasteiger partial charge on any atom is 0.0928 e. The topological polar surface area (TPSA) is 28.2 Å². The fraction of sp³-hybridized carbons (Fsp3) is 0.357. The van der Waals surface area contributed by atoms with Crippen molar-refractivity contribution in [3.05, 3.63) is 32.9 Å². The van der Waals surface area contributed by atoms with E-state index in [4.69, 9.17) is 34.8 Å². The number of nitrogens with zero attached hydrogens (tertiary/aromatic N) is 2. The molecule has 0 amide bonds. The summed E-state index contributed by atoms with van der Waals surface area (Å²) >= 11 is 18.9. The Morgan fingerprint density at radius 3 is 2.50 bits per heavy atom. The number of hydrogen-bond donors (Lipinski definition) is 1. The molecular formula is C14H14Cl3N3. The van der Waals surface area contributed by atoms with Gasteiger partial charge in [0.05, 0.1) is 32.0 Å². The minimum absolute atomic E-state index is 0.486. The Kier molecular flexibility index (Phi) is 3.95. The first kappa shape index (κ1) is 14.2. The number of benzene rings is 1. The van der Waals surface area contributed by atoms with Gasteiger partial charge in [0.1, 0.15) is 0 Å². The Bertz CT molecular complexity index is 666. The molecule has 2 heterocycles. The molecule has 1 aromatic heterocycles. The number of aryl methyl sites for hydroxylation is 1. The Morgan fingerprint density at radius 1 is 1.10 bits per heavy atom. The third-order valence-corrected chi connectivity index (χ3v) is 4.81. The third kappa shape index (κ3) is 2.33. The van der Waals surface area contributed by atoms with E-state index in [1.807, 2.05) is 13.0 Å². The summed E-state index contributed by atoms with van der Waals surface area (Å²) in [7, 11) is 0. The van der Waals surface area contributed by atoms with Crippen molar-refractivity contribution in [2.24, 2.45) is 0 Å². The van der Waals surface area contributed by atoms with Crippen LogP contribution >= 0.6 is 34.8 Å². The zero-order valence-corrected chi connectivity index (χ0v) is 13.3. The molecule has 1 fully saturated rings. The van der Waals surface area contributed by atoms with Crippen molar-refractivity contribution in [1.82, 2.24) is 10.3 Å². The first-order chi connectivity index (χ1) is 9.59. The number of piperazine rings is 1. The van der Waals surface area contributed by atoms with Gasteiger partial charge in [-0.3, -0.25) is 0 Å². The average Bonchev–Trinajstić information content (AvgIpc) is 2.46. The normalized spacial score (nSPS) is 15.9. The smallest absolute Gasteiger partial charge is 0.0928 e. The van der Waals surface area contributed by atoms with E-state index in [1.165, 1.54) is 0 Å².